The van der Waals surface area contributed by atoms with Gasteiger partial charge in [-0.2, -0.15) is 4.99 Å². The Balaban J connectivity index is 1.99. The van der Waals surface area contributed by atoms with Crippen LogP contribution in [0.3, 0.4) is 0 Å². The van der Waals surface area contributed by atoms with Gasteiger partial charge in [0.25, 0.3) is 0 Å². The van der Waals surface area contributed by atoms with Crippen molar-refractivity contribution in [2.45, 2.75) is 45.2 Å². The average Bonchev–Trinajstić information content (AvgIpc) is 2.84. The van der Waals surface area contributed by atoms with E-state index >= 15 is 0 Å². The van der Waals surface area contributed by atoms with Crippen molar-refractivity contribution >= 4 is 11.9 Å². The molecule has 1 aromatic carbocycles. The highest BCUT2D eigenvalue weighted by Gasteiger charge is 2.59. The van der Waals surface area contributed by atoms with E-state index in [4.69, 9.17) is 5.73 Å². The molecule has 0 saturated heterocycles. The van der Waals surface area contributed by atoms with E-state index in [-0.39, 0.29) is 11.4 Å². The van der Waals surface area contributed by atoms with E-state index in [0.29, 0.717) is 12.4 Å². The van der Waals surface area contributed by atoms with Gasteiger partial charge in [0.15, 0.2) is 0 Å². The van der Waals surface area contributed by atoms with Crippen LogP contribution in [0.15, 0.2) is 35.3 Å². The van der Waals surface area contributed by atoms with Gasteiger partial charge in [-0.05, 0) is 30.2 Å². The van der Waals surface area contributed by atoms with Crippen LogP contribution in [0.4, 0.5) is 4.79 Å². The molecule has 1 aromatic rings. The lowest BCUT2D eigenvalue weighted by Gasteiger charge is -2.44. The second-order valence-electron chi connectivity index (χ2n) is 6.45. The Morgan fingerprint density at radius 3 is 2.55 bits per heavy atom. The molecule has 1 spiro atoms. The molecule has 1 atom stereocenters. The van der Waals surface area contributed by atoms with Gasteiger partial charge in [-0.3, -0.25) is 0 Å². The Kier molecular flexibility index (Phi) is 2.85. The zero-order valence-electron chi connectivity index (χ0n) is 12.1. The summed E-state index contributed by atoms with van der Waals surface area (Å²) in [7, 11) is 0. The van der Waals surface area contributed by atoms with Crippen LogP contribution in [-0.4, -0.2) is 22.3 Å². The number of carbonyl (C=O) groups is 1. The predicted molar refractivity (Wildman–Crippen MR) is 79.4 cm³/mol. The van der Waals surface area contributed by atoms with Crippen molar-refractivity contribution in [2.75, 3.05) is 0 Å². The van der Waals surface area contributed by atoms with Crippen LogP contribution in [0.5, 0.6) is 0 Å². The smallest absolute Gasteiger partial charge is 0.346 e. The number of hydrogen-bond acceptors (Lipinski definition) is 2. The molecule has 4 nitrogen and oxygen atoms in total. The molecular weight excluding hydrogens is 250 g/mol. The number of amidine groups is 1. The summed E-state index contributed by atoms with van der Waals surface area (Å²) in [5.74, 6) is 0.501. The highest BCUT2D eigenvalue weighted by atomic mass is 16.2. The molecule has 0 bridgehead atoms. The molecule has 2 N–H and O–H groups in total. The normalized spacial score (nSPS) is 28.2. The van der Waals surface area contributed by atoms with Gasteiger partial charge in [-0.15, -0.1) is 0 Å². The summed E-state index contributed by atoms with van der Waals surface area (Å²) >= 11 is 0. The molecule has 2 amide bonds. The number of amides is 2. The molecule has 106 valence electrons. The van der Waals surface area contributed by atoms with E-state index in [9.17, 15) is 4.79 Å². The largest absolute Gasteiger partial charge is 0.385 e. The number of carbonyl (C=O) groups excluding carboxylic acids is 1. The SMILES string of the molecule is CC1(C)CCCC12C(N)=NC(=O)N2Cc1ccccc1. The summed E-state index contributed by atoms with van der Waals surface area (Å²) in [4.78, 5) is 18.3. The standard InChI is InChI=1S/C16H21N3O/c1-15(2)9-6-10-16(15)13(17)18-14(20)19(16)11-12-7-4-3-5-8-12/h3-5,7-8H,6,9-11H2,1-2H3,(H2,17,18,20). The molecule has 1 unspecified atom stereocenters. The zero-order chi connectivity index (χ0) is 14.4. The van der Waals surface area contributed by atoms with Gasteiger partial charge in [0.1, 0.15) is 11.4 Å². The fourth-order valence-electron chi connectivity index (χ4n) is 3.83. The molecule has 1 saturated carbocycles. The second-order valence-corrected chi connectivity index (χ2v) is 6.45. The number of hydrogen-bond donors (Lipinski definition) is 1. The Morgan fingerprint density at radius 2 is 1.95 bits per heavy atom. The molecule has 0 radical (unpaired) electrons. The third-order valence-electron chi connectivity index (χ3n) is 4.97. The number of benzene rings is 1. The Labute approximate surface area is 119 Å². The molecule has 1 aliphatic heterocycles. The van der Waals surface area contributed by atoms with Crippen LogP contribution >= 0.6 is 0 Å². The fraction of sp³-hybridized carbons (Fsp3) is 0.500. The first-order chi connectivity index (χ1) is 9.47. The minimum absolute atomic E-state index is 0.0263. The number of aliphatic imine (C=N–C) groups is 1. The quantitative estimate of drug-likeness (QED) is 0.899. The summed E-state index contributed by atoms with van der Waals surface area (Å²) in [6, 6.07) is 9.85. The second kappa shape index (κ2) is 4.33. The van der Waals surface area contributed by atoms with Crippen molar-refractivity contribution in [1.82, 2.24) is 4.90 Å². The van der Waals surface area contributed by atoms with E-state index < -0.39 is 5.54 Å². The van der Waals surface area contributed by atoms with Crippen molar-refractivity contribution in [3.8, 4) is 0 Å². The first kappa shape index (κ1) is 13.2. The third-order valence-corrected chi connectivity index (χ3v) is 4.97. The van der Waals surface area contributed by atoms with E-state index in [0.717, 1.165) is 24.8 Å². The molecular formula is C16H21N3O. The van der Waals surface area contributed by atoms with E-state index in [2.05, 4.69) is 18.8 Å². The Hall–Kier alpha value is -1.84. The molecule has 3 rings (SSSR count). The van der Waals surface area contributed by atoms with Crippen molar-refractivity contribution in [3.05, 3.63) is 35.9 Å². The molecule has 2 aliphatic rings. The lowest BCUT2D eigenvalue weighted by molar-refractivity contribution is 0.0975. The number of nitrogens with two attached hydrogens (primary N) is 1. The molecule has 1 fully saturated rings. The number of rotatable bonds is 2. The maximum atomic E-state index is 12.3. The van der Waals surface area contributed by atoms with Crippen LogP contribution < -0.4 is 5.73 Å². The van der Waals surface area contributed by atoms with Gasteiger partial charge in [0.2, 0.25) is 0 Å². The van der Waals surface area contributed by atoms with Gasteiger partial charge in [0.05, 0.1) is 0 Å². The Morgan fingerprint density at radius 1 is 1.25 bits per heavy atom. The summed E-state index contributed by atoms with van der Waals surface area (Å²) < 4.78 is 0. The molecule has 4 heteroatoms. The van der Waals surface area contributed by atoms with Crippen LogP contribution in [0.2, 0.25) is 0 Å². The average molecular weight is 271 g/mol. The zero-order valence-corrected chi connectivity index (χ0v) is 12.1. The first-order valence-corrected chi connectivity index (χ1v) is 7.17. The minimum Gasteiger partial charge on any atom is -0.385 e. The molecule has 1 aliphatic carbocycles. The molecule has 1 heterocycles. The third kappa shape index (κ3) is 1.67. The van der Waals surface area contributed by atoms with Crippen LogP contribution in [0, 0.1) is 5.41 Å². The first-order valence-electron chi connectivity index (χ1n) is 7.17. The monoisotopic (exact) mass is 271 g/mol. The van der Waals surface area contributed by atoms with Gasteiger partial charge in [-0.1, -0.05) is 44.2 Å². The highest BCUT2D eigenvalue weighted by molar-refractivity contribution is 6.06. The fourth-order valence-corrected chi connectivity index (χ4v) is 3.83. The van der Waals surface area contributed by atoms with Crippen molar-refractivity contribution < 1.29 is 4.79 Å². The summed E-state index contributed by atoms with van der Waals surface area (Å²) in [6.45, 7) is 4.96. The van der Waals surface area contributed by atoms with E-state index in [1.54, 1.807) is 0 Å². The topological polar surface area (TPSA) is 58.7 Å². The number of urea groups is 1. The molecule has 20 heavy (non-hydrogen) atoms. The summed E-state index contributed by atoms with van der Waals surface area (Å²) in [5, 5.41) is 0. The maximum Gasteiger partial charge on any atom is 0.346 e. The lowest BCUT2D eigenvalue weighted by Crippen LogP contribution is -2.59. The van der Waals surface area contributed by atoms with Crippen LogP contribution in [0.25, 0.3) is 0 Å². The van der Waals surface area contributed by atoms with Crippen molar-refractivity contribution in [2.24, 2.45) is 16.1 Å². The summed E-state index contributed by atoms with van der Waals surface area (Å²) in [5.41, 5.74) is 6.86. The van der Waals surface area contributed by atoms with Crippen molar-refractivity contribution in [3.63, 3.8) is 0 Å². The summed E-state index contributed by atoms with van der Waals surface area (Å²) in [6.07, 6.45) is 3.07. The number of nitrogens with zero attached hydrogens (tertiary/aromatic N) is 2. The maximum absolute atomic E-state index is 12.3. The van der Waals surface area contributed by atoms with Gasteiger partial charge < -0.3 is 10.6 Å². The van der Waals surface area contributed by atoms with Crippen molar-refractivity contribution in [1.29, 1.82) is 0 Å². The van der Waals surface area contributed by atoms with E-state index in [1.165, 1.54) is 0 Å². The van der Waals surface area contributed by atoms with Crippen LogP contribution in [0.1, 0.15) is 38.7 Å². The molecule has 0 aromatic heterocycles. The minimum atomic E-state index is -0.403. The predicted octanol–water partition coefficient (Wildman–Crippen LogP) is 2.93. The Bertz CT molecular complexity index is 564. The highest BCUT2D eigenvalue weighted by Crippen LogP contribution is 2.52. The van der Waals surface area contributed by atoms with Gasteiger partial charge in [-0.25, -0.2) is 4.79 Å². The van der Waals surface area contributed by atoms with Crippen LogP contribution in [-0.2, 0) is 6.54 Å². The van der Waals surface area contributed by atoms with Gasteiger partial charge in [0, 0.05) is 6.54 Å². The van der Waals surface area contributed by atoms with Gasteiger partial charge >= 0.3 is 6.03 Å². The lowest BCUT2D eigenvalue weighted by atomic mass is 9.73. The van der Waals surface area contributed by atoms with E-state index in [1.807, 2.05) is 35.2 Å².